The molecule has 3 rings (SSSR count). The molecule has 0 bridgehead atoms. The minimum Gasteiger partial charge on any atom is -0.380 e. The topological polar surface area (TPSA) is 44.8 Å². The van der Waals surface area contributed by atoms with Crippen molar-refractivity contribution >= 4 is 17.4 Å². The third kappa shape index (κ3) is 4.20. The van der Waals surface area contributed by atoms with Crippen LogP contribution in [0.4, 0.5) is 16.2 Å². The zero-order chi connectivity index (χ0) is 16.8. The average molecular weight is 331 g/mol. The number of ether oxygens (including phenoxy) is 1. The first-order chi connectivity index (χ1) is 11.8. The van der Waals surface area contributed by atoms with Crippen molar-refractivity contribution in [3.63, 3.8) is 0 Å². The third-order valence-electron chi connectivity index (χ3n) is 5.09. The van der Waals surface area contributed by atoms with Gasteiger partial charge in [0.25, 0.3) is 0 Å². The first kappa shape index (κ1) is 17.1. The summed E-state index contributed by atoms with van der Waals surface area (Å²) in [5, 5.41) is 3.13. The zero-order valence-electron chi connectivity index (χ0n) is 14.7. The van der Waals surface area contributed by atoms with Gasteiger partial charge in [0.1, 0.15) is 0 Å². The van der Waals surface area contributed by atoms with E-state index in [0.717, 1.165) is 43.9 Å². The molecule has 0 aromatic heterocycles. The Kier molecular flexibility index (Phi) is 5.96. The van der Waals surface area contributed by atoms with Crippen LogP contribution in [0.5, 0.6) is 0 Å². The van der Waals surface area contributed by atoms with Gasteiger partial charge in [0, 0.05) is 33.3 Å². The van der Waals surface area contributed by atoms with Crippen molar-refractivity contribution in [2.45, 2.75) is 44.6 Å². The lowest BCUT2D eigenvalue weighted by Crippen LogP contribution is -2.45. The second-order valence-corrected chi connectivity index (χ2v) is 6.79. The highest BCUT2D eigenvalue weighted by Crippen LogP contribution is 2.28. The number of rotatable bonds is 3. The van der Waals surface area contributed by atoms with Crippen LogP contribution in [0.1, 0.15) is 38.5 Å². The summed E-state index contributed by atoms with van der Waals surface area (Å²) in [5.41, 5.74) is 2.07. The number of para-hydroxylation sites is 2. The van der Waals surface area contributed by atoms with Crippen molar-refractivity contribution in [1.82, 2.24) is 4.90 Å². The summed E-state index contributed by atoms with van der Waals surface area (Å²) >= 11 is 0. The quantitative estimate of drug-likeness (QED) is 0.918. The molecular formula is C19H29N3O2. The molecule has 0 aliphatic carbocycles. The van der Waals surface area contributed by atoms with Gasteiger partial charge in [0.15, 0.2) is 0 Å². The van der Waals surface area contributed by atoms with Crippen LogP contribution >= 0.6 is 0 Å². The minimum atomic E-state index is -0.0148. The lowest BCUT2D eigenvalue weighted by Gasteiger charge is -2.32. The molecule has 1 N–H and O–H groups in total. The first-order valence-electron chi connectivity index (χ1n) is 9.20. The van der Waals surface area contributed by atoms with Crippen molar-refractivity contribution in [2.75, 3.05) is 43.5 Å². The smallest absolute Gasteiger partial charge is 0.321 e. The molecular weight excluding hydrogens is 302 g/mol. The molecule has 0 spiro atoms. The average Bonchev–Trinajstić information content (AvgIpc) is 2.91. The van der Waals surface area contributed by atoms with E-state index in [1.165, 1.54) is 25.7 Å². The Bertz CT molecular complexity index is 541. The number of benzene rings is 1. The highest BCUT2D eigenvalue weighted by atomic mass is 16.5. The van der Waals surface area contributed by atoms with Gasteiger partial charge >= 0.3 is 6.03 Å². The largest absolute Gasteiger partial charge is 0.380 e. The Morgan fingerprint density at radius 1 is 1.08 bits per heavy atom. The number of nitrogens with one attached hydrogen (secondary N) is 1. The molecule has 0 radical (unpaired) electrons. The molecule has 24 heavy (non-hydrogen) atoms. The summed E-state index contributed by atoms with van der Waals surface area (Å²) in [6.07, 6.45) is 7.25. The van der Waals surface area contributed by atoms with Crippen LogP contribution in [-0.2, 0) is 4.74 Å². The van der Waals surface area contributed by atoms with Crippen molar-refractivity contribution < 1.29 is 9.53 Å². The van der Waals surface area contributed by atoms with Crippen LogP contribution in [0, 0.1) is 0 Å². The lowest BCUT2D eigenvalue weighted by molar-refractivity contribution is 0.0458. The maximum Gasteiger partial charge on any atom is 0.321 e. The van der Waals surface area contributed by atoms with E-state index in [-0.39, 0.29) is 12.1 Å². The number of carbonyl (C=O) groups excluding carboxylic acids is 1. The van der Waals surface area contributed by atoms with Crippen LogP contribution in [0.2, 0.25) is 0 Å². The number of methoxy groups -OCH3 is 1. The minimum absolute atomic E-state index is 0.0148. The van der Waals surface area contributed by atoms with E-state index in [2.05, 4.69) is 22.3 Å². The Morgan fingerprint density at radius 2 is 1.83 bits per heavy atom. The Hall–Kier alpha value is -1.75. The summed E-state index contributed by atoms with van der Waals surface area (Å²) in [4.78, 5) is 17.0. The van der Waals surface area contributed by atoms with Crippen molar-refractivity contribution in [3.05, 3.63) is 24.3 Å². The van der Waals surface area contributed by atoms with Gasteiger partial charge in [0.2, 0.25) is 0 Å². The predicted octanol–water partition coefficient (Wildman–Crippen LogP) is 3.71. The summed E-state index contributed by atoms with van der Waals surface area (Å²) in [6, 6.07) is 8.16. The van der Waals surface area contributed by atoms with E-state index in [1.54, 1.807) is 7.11 Å². The summed E-state index contributed by atoms with van der Waals surface area (Å²) in [5.74, 6) is 0. The van der Waals surface area contributed by atoms with Gasteiger partial charge in [-0.15, -0.1) is 0 Å². The first-order valence-corrected chi connectivity index (χ1v) is 9.20. The van der Waals surface area contributed by atoms with Crippen LogP contribution in [0.3, 0.4) is 0 Å². The number of carbonyl (C=O) groups is 1. The summed E-state index contributed by atoms with van der Waals surface area (Å²) < 4.78 is 5.42. The molecule has 132 valence electrons. The SMILES string of the molecule is CO[C@H]1CCCN(C(=O)Nc2ccccc2N2CCCCCC2)C1. The van der Waals surface area contributed by atoms with Gasteiger partial charge in [-0.2, -0.15) is 0 Å². The highest BCUT2D eigenvalue weighted by Gasteiger charge is 2.24. The number of hydrogen-bond donors (Lipinski definition) is 1. The van der Waals surface area contributed by atoms with Gasteiger partial charge in [-0.1, -0.05) is 25.0 Å². The summed E-state index contributed by atoms with van der Waals surface area (Å²) in [7, 11) is 1.72. The van der Waals surface area contributed by atoms with Gasteiger partial charge in [-0.25, -0.2) is 4.79 Å². The second kappa shape index (κ2) is 8.38. The van der Waals surface area contributed by atoms with Crippen LogP contribution in [-0.4, -0.2) is 50.3 Å². The van der Waals surface area contributed by atoms with E-state index in [9.17, 15) is 4.79 Å². The maximum atomic E-state index is 12.7. The third-order valence-corrected chi connectivity index (χ3v) is 5.09. The Labute approximate surface area is 145 Å². The fourth-order valence-electron chi connectivity index (χ4n) is 3.68. The predicted molar refractivity (Wildman–Crippen MR) is 97.7 cm³/mol. The van der Waals surface area contributed by atoms with Crippen LogP contribution < -0.4 is 10.2 Å². The molecule has 2 aliphatic rings. The van der Waals surface area contributed by atoms with E-state index in [4.69, 9.17) is 4.74 Å². The van der Waals surface area contributed by atoms with Gasteiger partial charge in [0.05, 0.1) is 17.5 Å². The van der Waals surface area contributed by atoms with Gasteiger partial charge in [-0.3, -0.25) is 0 Å². The number of urea groups is 1. The van der Waals surface area contributed by atoms with E-state index in [1.807, 2.05) is 17.0 Å². The number of hydrogen-bond acceptors (Lipinski definition) is 3. The molecule has 1 atom stereocenters. The normalized spacial score (nSPS) is 22.1. The van der Waals surface area contributed by atoms with Crippen LogP contribution in [0.15, 0.2) is 24.3 Å². The van der Waals surface area contributed by atoms with Gasteiger partial charge < -0.3 is 19.9 Å². The standard InChI is InChI=1S/C19H29N3O2/c1-24-16-9-8-14-22(15-16)19(23)20-17-10-4-5-11-18(17)21-12-6-2-3-7-13-21/h4-5,10-11,16H,2-3,6-9,12-15H2,1H3,(H,20,23)/t16-/m0/s1. The fourth-order valence-corrected chi connectivity index (χ4v) is 3.68. The molecule has 5 nitrogen and oxygen atoms in total. The Balaban J connectivity index is 1.69. The zero-order valence-corrected chi connectivity index (χ0v) is 14.7. The van der Waals surface area contributed by atoms with Crippen LogP contribution in [0.25, 0.3) is 0 Å². The summed E-state index contributed by atoms with van der Waals surface area (Å²) in [6.45, 7) is 3.62. The molecule has 2 saturated heterocycles. The van der Waals surface area contributed by atoms with E-state index < -0.39 is 0 Å². The molecule has 0 unspecified atom stereocenters. The van der Waals surface area contributed by atoms with E-state index >= 15 is 0 Å². The number of likely N-dealkylation sites (tertiary alicyclic amines) is 1. The lowest BCUT2D eigenvalue weighted by atomic mass is 10.1. The molecule has 5 heteroatoms. The monoisotopic (exact) mass is 331 g/mol. The van der Waals surface area contributed by atoms with Crippen molar-refractivity contribution in [1.29, 1.82) is 0 Å². The maximum absolute atomic E-state index is 12.7. The molecule has 1 aromatic rings. The second-order valence-electron chi connectivity index (χ2n) is 6.79. The number of nitrogens with zero attached hydrogens (tertiary/aromatic N) is 2. The van der Waals surface area contributed by atoms with E-state index in [0.29, 0.717) is 6.54 Å². The molecule has 2 heterocycles. The number of anilines is 2. The van der Waals surface area contributed by atoms with Crippen molar-refractivity contribution in [2.24, 2.45) is 0 Å². The Morgan fingerprint density at radius 3 is 2.58 bits per heavy atom. The van der Waals surface area contributed by atoms with Gasteiger partial charge in [-0.05, 0) is 37.8 Å². The molecule has 0 saturated carbocycles. The molecule has 1 aromatic carbocycles. The molecule has 2 aliphatic heterocycles. The molecule has 2 amide bonds. The number of piperidine rings is 1. The number of amides is 2. The fraction of sp³-hybridized carbons (Fsp3) is 0.632. The highest BCUT2D eigenvalue weighted by molar-refractivity contribution is 5.93. The molecule has 2 fully saturated rings. The van der Waals surface area contributed by atoms with Crippen molar-refractivity contribution in [3.8, 4) is 0 Å².